The van der Waals surface area contributed by atoms with Gasteiger partial charge in [0.1, 0.15) is 11.5 Å². The Hall–Kier alpha value is -3.58. The number of nitrogens with zero attached hydrogens (tertiary/aromatic N) is 1. The van der Waals surface area contributed by atoms with E-state index in [2.05, 4.69) is 11.9 Å². The molecule has 1 atom stereocenters. The van der Waals surface area contributed by atoms with Gasteiger partial charge in [0.15, 0.2) is 0 Å². The number of ether oxygens (including phenoxy) is 1. The average molecular weight is 435 g/mol. The normalized spacial score (nSPS) is 15.6. The average Bonchev–Trinajstić information content (AvgIpc) is 2.80. The second-order valence-electron chi connectivity index (χ2n) is 7.08. The van der Waals surface area contributed by atoms with E-state index in [0.717, 1.165) is 5.56 Å². The molecule has 31 heavy (non-hydrogen) atoms. The Morgan fingerprint density at radius 3 is 2.32 bits per heavy atom. The summed E-state index contributed by atoms with van der Waals surface area (Å²) in [4.78, 5) is 12.0. The molecule has 0 saturated carbocycles. The van der Waals surface area contributed by atoms with E-state index in [1.807, 2.05) is 42.5 Å². The van der Waals surface area contributed by atoms with Crippen LogP contribution in [0.3, 0.4) is 0 Å². The Labute approximate surface area is 181 Å². The molecular formula is C24H22N2O4S. The third-order valence-electron chi connectivity index (χ3n) is 5.09. The maximum Gasteiger partial charge on any atom is 0.264 e. The van der Waals surface area contributed by atoms with Crippen LogP contribution in [0, 0.1) is 0 Å². The second kappa shape index (κ2) is 8.65. The second-order valence-corrected chi connectivity index (χ2v) is 8.94. The fraction of sp³-hybridized carbons (Fsp3) is 0.125. The van der Waals surface area contributed by atoms with Crippen LogP contribution in [-0.2, 0) is 14.8 Å². The number of nitrogens with one attached hydrogen (secondary N) is 1. The molecule has 1 amide bonds. The lowest BCUT2D eigenvalue weighted by Gasteiger charge is -2.35. The van der Waals surface area contributed by atoms with Crippen molar-refractivity contribution in [2.75, 3.05) is 10.8 Å². The lowest BCUT2D eigenvalue weighted by molar-refractivity contribution is -0.117. The summed E-state index contributed by atoms with van der Waals surface area (Å²) in [6, 6.07) is 22.6. The van der Waals surface area contributed by atoms with Crippen LogP contribution in [0.1, 0.15) is 18.0 Å². The Morgan fingerprint density at radius 1 is 0.968 bits per heavy atom. The minimum atomic E-state index is -3.78. The van der Waals surface area contributed by atoms with Crippen LogP contribution in [-0.4, -0.2) is 20.9 Å². The number of rotatable bonds is 6. The van der Waals surface area contributed by atoms with E-state index in [4.69, 9.17) is 4.74 Å². The number of hydrogen-bond acceptors (Lipinski definition) is 4. The van der Waals surface area contributed by atoms with Crippen molar-refractivity contribution in [3.05, 3.63) is 97.1 Å². The van der Waals surface area contributed by atoms with Gasteiger partial charge in [-0.15, -0.1) is 0 Å². The van der Waals surface area contributed by atoms with Gasteiger partial charge in [0.2, 0.25) is 5.91 Å². The van der Waals surface area contributed by atoms with Gasteiger partial charge in [0.25, 0.3) is 10.0 Å². The smallest absolute Gasteiger partial charge is 0.264 e. The lowest BCUT2D eigenvalue weighted by atomic mass is 9.98. The largest absolute Gasteiger partial charge is 0.457 e. The fourth-order valence-electron chi connectivity index (χ4n) is 3.59. The van der Waals surface area contributed by atoms with Crippen molar-refractivity contribution in [2.45, 2.75) is 17.4 Å². The van der Waals surface area contributed by atoms with Gasteiger partial charge in [-0.1, -0.05) is 43.0 Å². The van der Waals surface area contributed by atoms with Crippen molar-refractivity contribution in [1.29, 1.82) is 0 Å². The molecule has 1 aliphatic rings. The number of sulfonamides is 1. The number of fused-ring (bicyclic) bond motifs is 1. The molecule has 0 spiro atoms. The van der Waals surface area contributed by atoms with Crippen LogP contribution in [0.15, 0.2) is 96.4 Å². The SMILES string of the molecule is C=CC(=O)NC1CCN(S(=O)(=O)c2ccc(Oc3ccccc3)cc2)c2ccccc21. The third-order valence-corrected chi connectivity index (χ3v) is 6.92. The molecule has 0 bridgehead atoms. The van der Waals surface area contributed by atoms with Crippen LogP contribution in [0.4, 0.5) is 5.69 Å². The Morgan fingerprint density at radius 2 is 1.61 bits per heavy atom. The van der Waals surface area contributed by atoms with Crippen molar-refractivity contribution in [1.82, 2.24) is 5.32 Å². The predicted molar refractivity (Wildman–Crippen MR) is 120 cm³/mol. The van der Waals surface area contributed by atoms with Gasteiger partial charge in [-0.25, -0.2) is 8.42 Å². The van der Waals surface area contributed by atoms with Crippen molar-refractivity contribution >= 4 is 21.6 Å². The summed E-state index contributed by atoms with van der Waals surface area (Å²) in [5, 5.41) is 2.87. The van der Waals surface area contributed by atoms with Crippen LogP contribution in [0.5, 0.6) is 11.5 Å². The summed E-state index contributed by atoms with van der Waals surface area (Å²) in [6.45, 7) is 3.73. The first kappa shape index (κ1) is 20.7. The van der Waals surface area contributed by atoms with E-state index < -0.39 is 10.0 Å². The van der Waals surface area contributed by atoms with E-state index in [0.29, 0.717) is 23.6 Å². The van der Waals surface area contributed by atoms with Gasteiger partial charge >= 0.3 is 0 Å². The minimum absolute atomic E-state index is 0.177. The molecule has 7 heteroatoms. The molecule has 4 rings (SSSR count). The highest BCUT2D eigenvalue weighted by molar-refractivity contribution is 7.92. The number of anilines is 1. The van der Waals surface area contributed by atoms with Gasteiger partial charge in [-0.3, -0.25) is 9.10 Å². The fourth-order valence-corrected chi connectivity index (χ4v) is 5.10. The first-order valence-corrected chi connectivity index (χ1v) is 11.3. The monoisotopic (exact) mass is 434 g/mol. The first-order valence-electron chi connectivity index (χ1n) is 9.86. The minimum Gasteiger partial charge on any atom is -0.457 e. The molecule has 1 N–H and O–H groups in total. The number of carbonyl (C=O) groups is 1. The maximum absolute atomic E-state index is 13.4. The van der Waals surface area contributed by atoms with E-state index in [1.54, 1.807) is 36.4 Å². The van der Waals surface area contributed by atoms with Crippen molar-refractivity contribution in [3.8, 4) is 11.5 Å². The number of para-hydroxylation sites is 2. The standard InChI is InChI=1S/C24H22N2O4S/c1-2-24(27)25-22-16-17-26(23-11-7-6-10-21(22)23)31(28,29)20-14-12-19(13-15-20)30-18-8-4-3-5-9-18/h2-15,22H,1,16-17H2,(H,25,27). The zero-order chi connectivity index (χ0) is 21.8. The Bertz CT molecular complexity index is 1190. The first-order chi connectivity index (χ1) is 15.0. The van der Waals surface area contributed by atoms with Crippen LogP contribution in [0.2, 0.25) is 0 Å². The van der Waals surface area contributed by atoms with Gasteiger partial charge < -0.3 is 10.1 Å². The van der Waals surface area contributed by atoms with E-state index in [-0.39, 0.29) is 23.4 Å². The molecule has 158 valence electrons. The summed E-state index contributed by atoms with van der Waals surface area (Å²) in [7, 11) is -3.78. The predicted octanol–water partition coefficient (Wildman–Crippen LogP) is 4.42. The summed E-state index contributed by atoms with van der Waals surface area (Å²) in [6.07, 6.45) is 1.68. The lowest BCUT2D eigenvalue weighted by Crippen LogP contribution is -2.40. The molecule has 1 aliphatic heterocycles. The summed E-state index contributed by atoms with van der Waals surface area (Å²) >= 11 is 0. The summed E-state index contributed by atoms with van der Waals surface area (Å²) in [5.41, 5.74) is 1.32. The molecule has 0 saturated heterocycles. The van der Waals surface area contributed by atoms with Crippen LogP contribution < -0.4 is 14.4 Å². The summed E-state index contributed by atoms with van der Waals surface area (Å²) in [5.74, 6) is 0.942. The zero-order valence-corrected chi connectivity index (χ0v) is 17.6. The van der Waals surface area contributed by atoms with E-state index in [9.17, 15) is 13.2 Å². The van der Waals surface area contributed by atoms with Crippen molar-refractivity contribution in [3.63, 3.8) is 0 Å². The molecule has 1 unspecified atom stereocenters. The van der Waals surface area contributed by atoms with Gasteiger partial charge in [-0.05, 0) is 60.5 Å². The molecule has 0 aromatic heterocycles. The number of amides is 1. The van der Waals surface area contributed by atoms with Crippen LogP contribution >= 0.6 is 0 Å². The quantitative estimate of drug-likeness (QED) is 0.583. The van der Waals surface area contributed by atoms with E-state index >= 15 is 0 Å². The van der Waals surface area contributed by atoms with E-state index in [1.165, 1.54) is 10.4 Å². The van der Waals surface area contributed by atoms with Crippen molar-refractivity contribution in [2.24, 2.45) is 0 Å². The third kappa shape index (κ3) is 4.32. The zero-order valence-electron chi connectivity index (χ0n) is 16.8. The molecule has 1 heterocycles. The van der Waals surface area contributed by atoms with Gasteiger partial charge in [-0.2, -0.15) is 0 Å². The molecular weight excluding hydrogens is 412 g/mol. The number of benzene rings is 3. The topological polar surface area (TPSA) is 75.7 Å². The number of carbonyl (C=O) groups excluding carboxylic acids is 1. The highest BCUT2D eigenvalue weighted by Crippen LogP contribution is 2.37. The molecule has 3 aromatic carbocycles. The Kier molecular flexibility index (Phi) is 5.77. The molecule has 0 radical (unpaired) electrons. The maximum atomic E-state index is 13.4. The highest BCUT2D eigenvalue weighted by Gasteiger charge is 2.33. The van der Waals surface area contributed by atoms with Crippen LogP contribution in [0.25, 0.3) is 0 Å². The molecule has 0 fully saturated rings. The molecule has 3 aromatic rings. The molecule has 6 nitrogen and oxygen atoms in total. The molecule has 0 aliphatic carbocycles. The Balaban J connectivity index is 1.60. The number of hydrogen-bond donors (Lipinski definition) is 1. The summed E-state index contributed by atoms with van der Waals surface area (Å²) < 4.78 is 33.9. The highest BCUT2D eigenvalue weighted by atomic mass is 32.2. The van der Waals surface area contributed by atoms with Crippen molar-refractivity contribution < 1.29 is 17.9 Å². The van der Waals surface area contributed by atoms with Gasteiger partial charge in [0, 0.05) is 6.54 Å². The van der Waals surface area contributed by atoms with Gasteiger partial charge in [0.05, 0.1) is 16.6 Å².